The van der Waals surface area contributed by atoms with Gasteiger partial charge in [0.1, 0.15) is 0 Å². The van der Waals surface area contributed by atoms with E-state index in [1.54, 1.807) is 0 Å². The molecule has 0 aromatic heterocycles. The van der Waals surface area contributed by atoms with Crippen LogP contribution >= 0.6 is 0 Å². The maximum absolute atomic E-state index is 3.56. The van der Waals surface area contributed by atoms with E-state index in [2.05, 4.69) is 24.5 Å². The molecule has 0 aromatic rings. The van der Waals surface area contributed by atoms with Crippen molar-refractivity contribution in [1.29, 1.82) is 0 Å². The summed E-state index contributed by atoms with van der Waals surface area (Å²) in [6.45, 7) is 6.83. The van der Waals surface area contributed by atoms with E-state index in [1.165, 1.54) is 38.5 Å². The standard InChI is InChI=1S/C12H26N2/c1-3-4-5-6-11(2)13-9-10-14-12-7-8-12/h11-14H,3-10H2,1-2H3. The lowest BCUT2D eigenvalue weighted by atomic mass is 10.1. The first-order chi connectivity index (χ1) is 6.83. The Morgan fingerprint density at radius 3 is 2.64 bits per heavy atom. The normalized spacial score (nSPS) is 18.4. The lowest BCUT2D eigenvalue weighted by Crippen LogP contribution is -2.34. The Kier molecular flexibility index (Phi) is 6.20. The second-order valence-corrected chi connectivity index (χ2v) is 4.58. The van der Waals surface area contributed by atoms with Crippen LogP contribution in [0, 0.1) is 0 Å². The number of rotatable bonds is 9. The lowest BCUT2D eigenvalue weighted by Gasteiger charge is -2.13. The van der Waals surface area contributed by atoms with E-state index in [0.717, 1.165) is 19.1 Å². The van der Waals surface area contributed by atoms with Crippen molar-refractivity contribution >= 4 is 0 Å². The Hall–Kier alpha value is -0.0800. The third-order valence-electron chi connectivity index (χ3n) is 2.87. The molecule has 1 unspecified atom stereocenters. The van der Waals surface area contributed by atoms with Crippen molar-refractivity contribution < 1.29 is 0 Å². The van der Waals surface area contributed by atoms with Gasteiger partial charge in [-0.25, -0.2) is 0 Å². The van der Waals surface area contributed by atoms with Crippen LogP contribution in [0.2, 0.25) is 0 Å². The summed E-state index contributed by atoms with van der Waals surface area (Å²) < 4.78 is 0. The summed E-state index contributed by atoms with van der Waals surface area (Å²) >= 11 is 0. The van der Waals surface area contributed by atoms with Gasteiger partial charge in [0.2, 0.25) is 0 Å². The van der Waals surface area contributed by atoms with E-state index in [9.17, 15) is 0 Å². The minimum Gasteiger partial charge on any atom is -0.313 e. The first kappa shape index (κ1) is 12.0. The molecule has 1 fully saturated rings. The van der Waals surface area contributed by atoms with E-state index in [-0.39, 0.29) is 0 Å². The number of nitrogens with one attached hydrogen (secondary N) is 2. The fourth-order valence-electron chi connectivity index (χ4n) is 1.68. The maximum Gasteiger partial charge on any atom is 0.00794 e. The first-order valence-corrected chi connectivity index (χ1v) is 6.29. The Morgan fingerprint density at radius 1 is 1.21 bits per heavy atom. The van der Waals surface area contributed by atoms with Gasteiger partial charge in [-0.3, -0.25) is 0 Å². The van der Waals surface area contributed by atoms with Crippen LogP contribution in [-0.2, 0) is 0 Å². The summed E-state index contributed by atoms with van der Waals surface area (Å²) in [6.07, 6.45) is 8.21. The van der Waals surface area contributed by atoms with Crippen molar-refractivity contribution in [2.45, 2.75) is 64.5 Å². The minimum absolute atomic E-state index is 0.697. The third-order valence-corrected chi connectivity index (χ3v) is 2.87. The van der Waals surface area contributed by atoms with Crippen molar-refractivity contribution in [3.05, 3.63) is 0 Å². The predicted octanol–water partition coefficient (Wildman–Crippen LogP) is 2.30. The van der Waals surface area contributed by atoms with Crippen molar-refractivity contribution in [2.75, 3.05) is 13.1 Å². The van der Waals surface area contributed by atoms with Gasteiger partial charge in [0.05, 0.1) is 0 Å². The topological polar surface area (TPSA) is 24.1 Å². The number of hydrogen-bond acceptors (Lipinski definition) is 2. The first-order valence-electron chi connectivity index (χ1n) is 6.29. The SMILES string of the molecule is CCCCCC(C)NCCNC1CC1. The maximum atomic E-state index is 3.56. The molecule has 0 bridgehead atoms. The Morgan fingerprint density at radius 2 is 2.00 bits per heavy atom. The van der Waals surface area contributed by atoms with Crippen molar-refractivity contribution in [1.82, 2.24) is 10.6 Å². The zero-order chi connectivity index (χ0) is 10.2. The lowest BCUT2D eigenvalue weighted by molar-refractivity contribution is 0.479. The van der Waals surface area contributed by atoms with Gasteiger partial charge in [-0.1, -0.05) is 26.2 Å². The van der Waals surface area contributed by atoms with E-state index in [4.69, 9.17) is 0 Å². The van der Waals surface area contributed by atoms with Gasteiger partial charge in [0.25, 0.3) is 0 Å². The molecule has 0 saturated heterocycles. The molecule has 1 rings (SSSR count). The molecule has 2 N–H and O–H groups in total. The summed E-state index contributed by atoms with van der Waals surface area (Å²) in [5, 5.41) is 7.08. The number of hydrogen-bond donors (Lipinski definition) is 2. The molecule has 84 valence electrons. The van der Waals surface area contributed by atoms with E-state index >= 15 is 0 Å². The van der Waals surface area contributed by atoms with Crippen LogP contribution in [0.4, 0.5) is 0 Å². The van der Waals surface area contributed by atoms with E-state index in [0.29, 0.717) is 6.04 Å². The monoisotopic (exact) mass is 198 g/mol. The average Bonchev–Trinajstić information content (AvgIpc) is 2.97. The molecule has 2 nitrogen and oxygen atoms in total. The molecule has 0 radical (unpaired) electrons. The molecule has 1 atom stereocenters. The highest BCUT2D eigenvalue weighted by Gasteiger charge is 2.19. The van der Waals surface area contributed by atoms with Crippen molar-refractivity contribution in [3.8, 4) is 0 Å². The van der Waals surface area contributed by atoms with Crippen LogP contribution < -0.4 is 10.6 Å². The van der Waals surface area contributed by atoms with Gasteiger partial charge in [-0.15, -0.1) is 0 Å². The van der Waals surface area contributed by atoms with Gasteiger partial charge in [0, 0.05) is 25.2 Å². The summed E-state index contributed by atoms with van der Waals surface area (Å²) in [5.74, 6) is 0. The van der Waals surface area contributed by atoms with E-state index in [1.807, 2.05) is 0 Å². The van der Waals surface area contributed by atoms with Gasteiger partial charge in [-0.2, -0.15) is 0 Å². The molecule has 1 aliphatic rings. The molecule has 1 saturated carbocycles. The highest BCUT2D eigenvalue weighted by Crippen LogP contribution is 2.17. The minimum atomic E-state index is 0.697. The highest BCUT2D eigenvalue weighted by molar-refractivity contribution is 4.80. The molecule has 0 aliphatic heterocycles. The van der Waals surface area contributed by atoms with Gasteiger partial charge in [-0.05, 0) is 26.2 Å². The average molecular weight is 198 g/mol. The zero-order valence-electron chi connectivity index (χ0n) is 9.81. The van der Waals surface area contributed by atoms with Gasteiger partial charge >= 0.3 is 0 Å². The Labute approximate surface area is 88.8 Å². The number of unbranched alkanes of at least 4 members (excludes halogenated alkanes) is 2. The summed E-state index contributed by atoms with van der Waals surface area (Å²) in [6, 6.07) is 1.55. The molecular formula is C12H26N2. The van der Waals surface area contributed by atoms with Crippen LogP contribution in [-0.4, -0.2) is 25.2 Å². The summed E-state index contributed by atoms with van der Waals surface area (Å²) in [4.78, 5) is 0. The quantitative estimate of drug-likeness (QED) is 0.556. The van der Waals surface area contributed by atoms with Crippen molar-refractivity contribution in [3.63, 3.8) is 0 Å². The molecular weight excluding hydrogens is 172 g/mol. The smallest absolute Gasteiger partial charge is 0.00794 e. The summed E-state index contributed by atoms with van der Waals surface area (Å²) in [7, 11) is 0. The van der Waals surface area contributed by atoms with Crippen LogP contribution in [0.15, 0.2) is 0 Å². The second kappa shape index (κ2) is 7.24. The Balaban J connectivity index is 1.78. The largest absolute Gasteiger partial charge is 0.313 e. The molecule has 14 heavy (non-hydrogen) atoms. The van der Waals surface area contributed by atoms with Crippen LogP contribution in [0.1, 0.15) is 52.4 Å². The molecule has 2 heteroatoms. The zero-order valence-corrected chi connectivity index (χ0v) is 9.81. The Bertz CT molecular complexity index is 132. The molecule has 0 heterocycles. The van der Waals surface area contributed by atoms with Gasteiger partial charge in [0.15, 0.2) is 0 Å². The summed E-state index contributed by atoms with van der Waals surface area (Å²) in [5.41, 5.74) is 0. The van der Waals surface area contributed by atoms with Crippen LogP contribution in [0.25, 0.3) is 0 Å². The molecule has 1 aliphatic carbocycles. The second-order valence-electron chi connectivity index (χ2n) is 4.58. The van der Waals surface area contributed by atoms with Gasteiger partial charge < -0.3 is 10.6 Å². The molecule has 0 amide bonds. The van der Waals surface area contributed by atoms with Crippen LogP contribution in [0.5, 0.6) is 0 Å². The van der Waals surface area contributed by atoms with Crippen molar-refractivity contribution in [2.24, 2.45) is 0 Å². The fourth-order valence-corrected chi connectivity index (χ4v) is 1.68. The predicted molar refractivity (Wildman–Crippen MR) is 62.6 cm³/mol. The third kappa shape index (κ3) is 6.39. The van der Waals surface area contributed by atoms with E-state index < -0.39 is 0 Å². The van der Waals surface area contributed by atoms with Crippen LogP contribution in [0.3, 0.4) is 0 Å². The molecule has 0 spiro atoms. The highest BCUT2D eigenvalue weighted by atomic mass is 15.0. The fraction of sp³-hybridized carbons (Fsp3) is 1.00. The molecule has 0 aromatic carbocycles.